The summed E-state index contributed by atoms with van der Waals surface area (Å²) in [7, 11) is -1.41. The minimum absolute atomic E-state index is 0.330. The maximum absolute atomic E-state index is 12.4. The fourth-order valence-corrected chi connectivity index (χ4v) is 3.88. The molecule has 0 saturated heterocycles. The molecule has 2 aromatic carbocycles. The molecule has 0 aliphatic heterocycles. The Labute approximate surface area is 157 Å². The predicted octanol–water partition coefficient (Wildman–Crippen LogP) is 3.91. The van der Waals surface area contributed by atoms with Gasteiger partial charge < -0.3 is 9.84 Å². The van der Waals surface area contributed by atoms with Crippen LogP contribution in [0.4, 0.5) is 0 Å². The highest BCUT2D eigenvalue weighted by Crippen LogP contribution is 2.14. The molecular formula is C21H26O4S. The molecule has 2 unspecified atom stereocenters. The quantitative estimate of drug-likeness (QED) is 0.641. The van der Waals surface area contributed by atoms with Crippen LogP contribution in [-0.2, 0) is 22.0 Å². The van der Waals surface area contributed by atoms with Crippen molar-refractivity contribution in [3.05, 3.63) is 65.2 Å². The third-order valence-electron chi connectivity index (χ3n) is 4.19. The van der Waals surface area contributed by atoms with E-state index in [1.807, 2.05) is 62.4 Å². The molecule has 26 heavy (non-hydrogen) atoms. The first kappa shape index (κ1) is 20.2. The highest BCUT2D eigenvalue weighted by molar-refractivity contribution is 7.86. The Morgan fingerprint density at radius 2 is 1.62 bits per heavy atom. The Bertz CT molecular complexity index is 723. The van der Waals surface area contributed by atoms with Crippen molar-refractivity contribution < 1.29 is 18.8 Å². The number of benzene rings is 2. The van der Waals surface area contributed by atoms with Crippen LogP contribution in [0.1, 0.15) is 29.5 Å². The lowest BCUT2D eigenvalue weighted by Gasteiger charge is -2.13. The van der Waals surface area contributed by atoms with Crippen molar-refractivity contribution in [2.75, 3.05) is 12.4 Å². The smallest absolute Gasteiger partial charge is 0.319 e. The standard InChI is InChI=1S/C21H26O4S/c1-16-4-8-18(9-5-16)10-13-20(21(22)23)26(24)15-3-14-25-19-11-6-17(2)7-12-19/h4-9,11-12,20H,3,10,13-15H2,1-2H3,(H,22,23). The second-order valence-corrected chi connectivity index (χ2v) is 8.19. The molecule has 0 spiro atoms. The first-order chi connectivity index (χ1) is 12.5. The monoisotopic (exact) mass is 374 g/mol. The molecule has 1 N–H and O–H groups in total. The van der Waals surface area contributed by atoms with Crippen LogP contribution in [0, 0.1) is 13.8 Å². The van der Waals surface area contributed by atoms with Crippen LogP contribution in [0.5, 0.6) is 5.75 Å². The zero-order valence-electron chi connectivity index (χ0n) is 15.3. The van der Waals surface area contributed by atoms with Gasteiger partial charge in [-0.1, -0.05) is 47.5 Å². The lowest BCUT2D eigenvalue weighted by Crippen LogP contribution is -2.28. The molecule has 5 heteroatoms. The number of carboxylic acids is 1. The molecular weight excluding hydrogens is 348 g/mol. The average molecular weight is 375 g/mol. The lowest BCUT2D eigenvalue weighted by atomic mass is 10.1. The number of rotatable bonds is 10. The van der Waals surface area contributed by atoms with Crippen molar-refractivity contribution in [1.82, 2.24) is 0 Å². The summed E-state index contributed by atoms with van der Waals surface area (Å²) in [5, 5.41) is 8.56. The zero-order chi connectivity index (χ0) is 18.9. The molecule has 0 aliphatic carbocycles. The fraction of sp³-hybridized carbons (Fsp3) is 0.381. The molecule has 2 rings (SSSR count). The van der Waals surface area contributed by atoms with Crippen LogP contribution in [0.25, 0.3) is 0 Å². The highest BCUT2D eigenvalue weighted by Gasteiger charge is 2.24. The molecule has 2 aromatic rings. The SMILES string of the molecule is Cc1ccc(CCC(C(=O)O)S(=O)CCCOc2ccc(C)cc2)cc1. The van der Waals surface area contributed by atoms with Crippen LogP contribution in [0.3, 0.4) is 0 Å². The fourth-order valence-electron chi connectivity index (χ4n) is 2.59. The van der Waals surface area contributed by atoms with Crippen molar-refractivity contribution in [2.45, 2.75) is 38.4 Å². The van der Waals surface area contributed by atoms with E-state index in [4.69, 9.17) is 4.74 Å². The second kappa shape index (κ2) is 10.1. The van der Waals surface area contributed by atoms with Crippen LogP contribution < -0.4 is 4.74 Å². The van der Waals surface area contributed by atoms with Gasteiger partial charge in [-0.25, -0.2) is 0 Å². The van der Waals surface area contributed by atoms with Crippen molar-refractivity contribution in [1.29, 1.82) is 0 Å². The van der Waals surface area contributed by atoms with E-state index in [2.05, 4.69) is 0 Å². The Balaban J connectivity index is 1.77. The first-order valence-electron chi connectivity index (χ1n) is 8.80. The Morgan fingerprint density at radius 1 is 1.04 bits per heavy atom. The van der Waals surface area contributed by atoms with Gasteiger partial charge in [-0.05, 0) is 50.8 Å². The average Bonchev–Trinajstić information content (AvgIpc) is 2.61. The van der Waals surface area contributed by atoms with Gasteiger partial charge in [0.05, 0.1) is 6.61 Å². The van der Waals surface area contributed by atoms with Gasteiger partial charge in [0, 0.05) is 16.6 Å². The molecule has 0 aliphatic rings. The predicted molar refractivity (Wildman–Crippen MR) is 105 cm³/mol. The lowest BCUT2D eigenvalue weighted by molar-refractivity contribution is -0.136. The van der Waals surface area contributed by atoms with Crippen LogP contribution in [-0.4, -0.2) is 32.9 Å². The molecule has 4 nitrogen and oxygen atoms in total. The molecule has 0 aromatic heterocycles. The molecule has 0 bridgehead atoms. The van der Waals surface area contributed by atoms with Gasteiger partial charge in [0.2, 0.25) is 0 Å². The van der Waals surface area contributed by atoms with E-state index in [-0.39, 0.29) is 0 Å². The van der Waals surface area contributed by atoms with Gasteiger partial charge >= 0.3 is 5.97 Å². The van der Waals surface area contributed by atoms with Crippen molar-refractivity contribution in [3.63, 3.8) is 0 Å². The van der Waals surface area contributed by atoms with Gasteiger partial charge in [0.25, 0.3) is 0 Å². The Hall–Kier alpha value is -2.14. The van der Waals surface area contributed by atoms with E-state index in [1.54, 1.807) is 0 Å². The third-order valence-corrected chi connectivity index (χ3v) is 5.95. The summed E-state index contributed by atoms with van der Waals surface area (Å²) in [5.74, 6) is 0.113. The highest BCUT2D eigenvalue weighted by atomic mass is 32.2. The molecule has 0 radical (unpaired) electrons. The summed E-state index contributed by atoms with van der Waals surface area (Å²) in [5.41, 5.74) is 3.40. The molecule has 0 heterocycles. The summed E-state index contributed by atoms with van der Waals surface area (Å²) < 4.78 is 18.0. The largest absolute Gasteiger partial charge is 0.494 e. The Kier molecular flexibility index (Phi) is 7.85. The number of hydrogen-bond donors (Lipinski definition) is 1. The normalized spacial score (nSPS) is 13.2. The molecule has 0 fully saturated rings. The first-order valence-corrected chi connectivity index (χ1v) is 10.2. The summed E-state index contributed by atoms with van der Waals surface area (Å²) in [6.07, 6.45) is 1.56. The molecule has 2 atom stereocenters. The number of ether oxygens (including phenoxy) is 1. The van der Waals surface area contributed by atoms with E-state index in [0.29, 0.717) is 31.6 Å². The second-order valence-electron chi connectivity index (χ2n) is 6.45. The van der Waals surface area contributed by atoms with Crippen molar-refractivity contribution in [3.8, 4) is 5.75 Å². The van der Waals surface area contributed by atoms with E-state index in [1.165, 1.54) is 5.56 Å². The van der Waals surface area contributed by atoms with Gasteiger partial charge in [-0.15, -0.1) is 0 Å². The minimum Gasteiger partial charge on any atom is -0.494 e. The van der Waals surface area contributed by atoms with Crippen LogP contribution in [0.2, 0.25) is 0 Å². The minimum atomic E-state index is -1.41. The van der Waals surface area contributed by atoms with E-state index in [9.17, 15) is 14.1 Å². The number of carboxylic acid groups (broad SMARTS) is 1. The van der Waals surface area contributed by atoms with Gasteiger partial charge in [0.15, 0.2) is 0 Å². The third kappa shape index (κ3) is 6.64. The number of hydrogen-bond acceptors (Lipinski definition) is 3. The molecule has 140 valence electrons. The van der Waals surface area contributed by atoms with E-state index >= 15 is 0 Å². The topological polar surface area (TPSA) is 63.6 Å². The zero-order valence-corrected chi connectivity index (χ0v) is 16.1. The van der Waals surface area contributed by atoms with Crippen LogP contribution in [0.15, 0.2) is 48.5 Å². The summed E-state index contributed by atoms with van der Waals surface area (Å²) in [6.45, 7) is 4.45. The summed E-state index contributed by atoms with van der Waals surface area (Å²) in [4.78, 5) is 11.5. The van der Waals surface area contributed by atoms with Crippen molar-refractivity contribution >= 4 is 16.8 Å². The number of aliphatic carboxylic acids is 1. The molecule has 0 amide bonds. The maximum atomic E-state index is 12.4. The van der Waals surface area contributed by atoms with E-state index < -0.39 is 22.0 Å². The summed E-state index contributed by atoms with van der Waals surface area (Å²) >= 11 is 0. The number of aryl methyl sites for hydroxylation is 3. The maximum Gasteiger partial charge on any atom is 0.319 e. The van der Waals surface area contributed by atoms with Gasteiger partial charge in [0.1, 0.15) is 11.0 Å². The van der Waals surface area contributed by atoms with Crippen LogP contribution >= 0.6 is 0 Å². The Morgan fingerprint density at radius 3 is 2.19 bits per heavy atom. The number of carbonyl (C=O) groups is 1. The van der Waals surface area contributed by atoms with Gasteiger partial charge in [-0.2, -0.15) is 0 Å². The van der Waals surface area contributed by atoms with Crippen molar-refractivity contribution in [2.24, 2.45) is 0 Å². The molecule has 0 saturated carbocycles. The van der Waals surface area contributed by atoms with Gasteiger partial charge in [-0.3, -0.25) is 9.00 Å². The summed E-state index contributed by atoms with van der Waals surface area (Å²) in [6, 6.07) is 15.7. The van der Waals surface area contributed by atoms with E-state index in [0.717, 1.165) is 16.9 Å².